The average molecular weight is 241 g/mol. The fourth-order valence-electron chi connectivity index (χ4n) is 1.03. The monoisotopic (exact) mass is 241 g/mol. The molecule has 0 saturated carbocycles. The SMILES string of the molecule is Cc1c(F)cccc1C=N[S@@](=O)C(C)(C)C. The highest BCUT2D eigenvalue weighted by molar-refractivity contribution is 7.85. The number of nitrogens with zero attached hydrogens (tertiary/aromatic N) is 1. The molecule has 0 spiro atoms. The lowest BCUT2D eigenvalue weighted by Crippen LogP contribution is -2.19. The van der Waals surface area contributed by atoms with Gasteiger partial charge in [0.15, 0.2) is 0 Å². The van der Waals surface area contributed by atoms with E-state index in [4.69, 9.17) is 0 Å². The number of benzene rings is 1. The number of halogens is 1. The summed E-state index contributed by atoms with van der Waals surface area (Å²) >= 11 is 0. The zero-order valence-electron chi connectivity index (χ0n) is 9.95. The van der Waals surface area contributed by atoms with Crippen LogP contribution >= 0.6 is 0 Å². The third-order valence-electron chi connectivity index (χ3n) is 2.12. The van der Waals surface area contributed by atoms with E-state index in [1.54, 1.807) is 19.1 Å². The first-order valence-corrected chi connectivity index (χ1v) is 6.14. The summed E-state index contributed by atoms with van der Waals surface area (Å²) in [6, 6.07) is 4.76. The lowest BCUT2D eigenvalue weighted by Gasteiger charge is -2.12. The van der Waals surface area contributed by atoms with Gasteiger partial charge in [0.2, 0.25) is 0 Å². The maximum atomic E-state index is 13.2. The molecule has 4 heteroatoms. The Balaban J connectivity index is 2.94. The molecule has 0 aromatic heterocycles. The third-order valence-corrected chi connectivity index (χ3v) is 3.47. The summed E-state index contributed by atoms with van der Waals surface area (Å²) < 4.78 is 28.4. The second-order valence-electron chi connectivity index (χ2n) is 4.55. The van der Waals surface area contributed by atoms with Crippen LogP contribution in [0.1, 0.15) is 31.9 Å². The van der Waals surface area contributed by atoms with Gasteiger partial charge in [-0.15, -0.1) is 0 Å². The molecule has 0 saturated heterocycles. The Bertz CT molecular complexity index is 435. The molecule has 1 aromatic rings. The Labute approximate surface area is 98.2 Å². The minimum Gasteiger partial charge on any atom is -0.234 e. The Morgan fingerprint density at radius 3 is 2.56 bits per heavy atom. The van der Waals surface area contributed by atoms with E-state index >= 15 is 0 Å². The van der Waals surface area contributed by atoms with Crippen molar-refractivity contribution in [2.75, 3.05) is 0 Å². The van der Waals surface area contributed by atoms with Crippen molar-refractivity contribution >= 4 is 17.2 Å². The molecule has 88 valence electrons. The van der Waals surface area contributed by atoms with Crippen molar-refractivity contribution < 1.29 is 8.60 Å². The van der Waals surface area contributed by atoms with E-state index < -0.39 is 15.7 Å². The molecule has 0 amide bonds. The van der Waals surface area contributed by atoms with Gasteiger partial charge in [-0.25, -0.2) is 8.60 Å². The maximum absolute atomic E-state index is 13.2. The molecular formula is C12H16FNOS. The summed E-state index contributed by atoms with van der Waals surface area (Å²) in [5.41, 5.74) is 1.19. The van der Waals surface area contributed by atoms with E-state index in [-0.39, 0.29) is 5.82 Å². The second kappa shape index (κ2) is 4.87. The second-order valence-corrected chi connectivity index (χ2v) is 6.48. The average Bonchev–Trinajstić information content (AvgIpc) is 2.18. The molecule has 0 N–H and O–H groups in total. The highest BCUT2D eigenvalue weighted by Crippen LogP contribution is 2.14. The molecule has 1 rings (SSSR count). The van der Waals surface area contributed by atoms with E-state index in [0.29, 0.717) is 11.1 Å². The summed E-state index contributed by atoms with van der Waals surface area (Å²) in [5.74, 6) is -0.273. The van der Waals surface area contributed by atoms with Gasteiger partial charge >= 0.3 is 0 Å². The topological polar surface area (TPSA) is 29.4 Å². The summed E-state index contributed by atoms with van der Waals surface area (Å²) in [6.45, 7) is 7.22. The van der Waals surface area contributed by atoms with Crippen molar-refractivity contribution in [3.05, 3.63) is 35.1 Å². The predicted molar refractivity (Wildman–Crippen MR) is 66.6 cm³/mol. The zero-order valence-corrected chi connectivity index (χ0v) is 10.8. The fourth-order valence-corrected chi connectivity index (χ4v) is 1.55. The molecule has 0 radical (unpaired) electrons. The van der Waals surface area contributed by atoms with E-state index in [9.17, 15) is 8.60 Å². The molecule has 0 aliphatic carbocycles. The Hall–Kier alpha value is -1.03. The van der Waals surface area contributed by atoms with Crippen molar-refractivity contribution in [3.8, 4) is 0 Å². The summed E-state index contributed by atoms with van der Waals surface area (Å²) in [7, 11) is -1.31. The minimum atomic E-state index is -1.31. The van der Waals surface area contributed by atoms with Crippen molar-refractivity contribution in [1.29, 1.82) is 0 Å². The van der Waals surface area contributed by atoms with Crippen LogP contribution in [0.25, 0.3) is 0 Å². The maximum Gasteiger partial charge on any atom is 0.144 e. The summed E-state index contributed by atoms with van der Waals surface area (Å²) in [5, 5.41) is 0. The molecule has 0 fully saturated rings. The molecule has 16 heavy (non-hydrogen) atoms. The smallest absolute Gasteiger partial charge is 0.144 e. The van der Waals surface area contributed by atoms with Crippen LogP contribution in [0, 0.1) is 12.7 Å². The van der Waals surface area contributed by atoms with E-state index in [1.165, 1.54) is 12.3 Å². The largest absolute Gasteiger partial charge is 0.234 e. The number of hydrogen-bond donors (Lipinski definition) is 0. The van der Waals surface area contributed by atoms with Gasteiger partial charge < -0.3 is 0 Å². The molecular weight excluding hydrogens is 225 g/mol. The Morgan fingerprint density at radius 2 is 2.00 bits per heavy atom. The van der Waals surface area contributed by atoms with E-state index in [0.717, 1.165) is 0 Å². The first-order valence-electron chi connectivity index (χ1n) is 5.03. The molecule has 2 nitrogen and oxygen atoms in total. The lowest BCUT2D eigenvalue weighted by molar-refractivity contribution is 0.618. The predicted octanol–water partition coefficient (Wildman–Crippen LogP) is 3.02. The van der Waals surface area contributed by atoms with Gasteiger partial charge in [-0.2, -0.15) is 4.40 Å². The quantitative estimate of drug-likeness (QED) is 0.732. The normalized spacial score (nSPS) is 14.3. The van der Waals surface area contributed by atoms with Crippen LogP contribution in [-0.4, -0.2) is 15.2 Å². The zero-order chi connectivity index (χ0) is 12.3. The van der Waals surface area contributed by atoms with Gasteiger partial charge in [0, 0.05) is 6.21 Å². The first-order chi connectivity index (χ1) is 7.32. The van der Waals surface area contributed by atoms with Crippen LogP contribution in [0.3, 0.4) is 0 Å². The van der Waals surface area contributed by atoms with Crippen LogP contribution in [-0.2, 0) is 11.0 Å². The van der Waals surface area contributed by atoms with Crippen molar-refractivity contribution in [2.45, 2.75) is 32.4 Å². The van der Waals surface area contributed by atoms with Crippen LogP contribution in [0.2, 0.25) is 0 Å². The van der Waals surface area contributed by atoms with Crippen LogP contribution in [0.4, 0.5) is 4.39 Å². The number of rotatable bonds is 2. The Morgan fingerprint density at radius 1 is 1.38 bits per heavy atom. The summed E-state index contributed by atoms with van der Waals surface area (Å²) in [4.78, 5) is 0. The third kappa shape index (κ3) is 3.23. The summed E-state index contributed by atoms with van der Waals surface area (Å²) in [6.07, 6.45) is 1.47. The molecule has 1 atom stereocenters. The Kier molecular flexibility index (Phi) is 3.97. The number of hydrogen-bond acceptors (Lipinski definition) is 1. The molecule has 1 aromatic carbocycles. The highest BCUT2D eigenvalue weighted by Gasteiger charge is 2.18. The first kappa shape index (κ1) is 13.0. The highest BCUT2D eigenvalue weighted by atomic mass is 32.2. The lowest BCUT2D eigenvalue weighted by atomic mass is 10.1. The fraction of sp³-hybridized carbons (Fsp3) is 0.417. The van der Waals surface area contributed by atoms with Crippen molar-refractivity contribution in [1.82, 2.24) is 0 Å². The van der Waals surface area contributed by atoms with Gasteiger partial charge in [-0.05, 0) is 44.9 Å². The minimum absolute atomic E-state index is 0.273. The van der Waals surface area contributed by atoms with Crippen LogP contribution in [0.15, 0.2) is 22.6 Å². The van der Waals surface area contributed by atoms with Crippen LogP contribution in [0.5, 0.6) is 0 Å². The van der Waals surface area contributed by atoms with E-state index in [2.05, 4.69) is 4.40 Å². The van der Waals surface area contributed by atoms with Gasteiger partial charge in [-0.1, -0.05) is 12.1 Å². The molecule has 0 heterocycles. The van der Waals surface area contributed by atoms with Gasteiger partial charge in [0.1, 0.15) is 16.8 Å². The van der Waals surface area contributed by atoms with E-state index in [1.807, 2.05) is 20.8 Å². The standard InChI is InChI=1S/C12H16FNOS/c1-9-10(6-5-7-11(9)13)8-14-16(15)12(2,3)4/h5-8H,1-4H3/t16-/m0/s1. The van der Waals surface area contributed by atoms with Gasteiger partial charge in [-0.3, -0.25) is 0 Å². The van der Waals surface area contributed by atoms with Gasteiger partial charge in [0.05, 0.1) is 4.75 Å². The van der Waals surface area contributed by atoms with Crippen LogP contribution < -0.4 is 0 Å². The molecule has 0 aliphatic heterocycles. The molecule has 0 aliphatic rings. The van der Waals surface area contributed by atoms with Gasteiger partial charge in [0.25, 0.3) is 0 Å². The van der Waals surface area contributed by atoms with Crippen molar-refractivity contribution in [2.24, 2.45) is 4.40 Å². The molecule has 0 bridgehead atoms. The van der Waals surface area contributed by atoms with Crippen molar-refractivity contribution in [3.63, 3.8) is 0 Å². The molecule has 0 unspecified atom stereocenters.